The molecule has 1 amide bonds. The van der Waals surface area contributed by atoms with Crippen molar-refractivity contribution in [1.29, 1.82) is 0 Å². The summed E-state index contributed by atoms with van der Waals surface area (Å²) in [5, 5.41) is 3.76. The van der Waals surface area contributed by atoms with Gasteiger partial charge in [-0.3, -0.25) is 9.59 Å². The molecule has 0 spiro atoms. The van der Waals surface area contributed by atoms with Crippen molar-refractivity contribution in [1.82, 2.24) is 9.88 Å². The van der Waals surface area contributed by atoms with Crippen molar-refractivity contribution in [2.45, 2.75) is 25.8 Å². The average molecular weight is 364 g/mol. The van der Waals surface area contributed by atoms with Crippen LogP contribution < -0.4 is 15.6 Å². The van der Waals surface area contributed by atoms with Crippen LogP contribution in [0.1, 0.15) is 18.9 Å². The SMILES string of the molecule is C[C@H](CCc1ccccc1)NC(=O)COc1cc(=O)n(C)c2ccccc12. The van der Waals surface area contributed by atoms with E-state index in [4.69, 9.17) is 4.74 Å². The Morgan fingerprint density at radius 1 is 1.11 bits per heavy atom. The zero-order chi connectivity index (χ0) is 19.2. The number of para-hydroxylation sites is 1. The number of amides is 1. The van der Waals surface area contributed by atoms with Crippen molar-refractivity contribution in [2.24, 2.45) is 7.05 Å². The van der Waals surface area contributed by atoms with Crippen LogP contribution in [0.5, 0.6) is 5.75 Å². The maximum Gasteiger partial charge on any atom is 0.258 e. The van der Waals surface area contributed by atoms with Gasteiger partial charge in [0, 0.05) is 24.5 Å². The van der Waals surface area contributed by atoms with E-state index in [-0.39, 0.29) is 24.1 Å². The highest BCUT2D eigenvalue weighted by atomic mass is 16.5. The molecule has 0 fully saturated rings. The number of hydrogen-bond acceptors (Lipinski definition) is 3. The standard InChI is InChI=1S/C22H24N2O3/c1-16(12-13-17-8-4-3-5-9-17)23-21(25)15-27-20-14-22(26)24(2)19-11-7-6-10-18(19)20/h3-11,14,16H,12-13,15H2,1-2H3,(H,23,25)/t16-/m1/s1. The smallest absolute Gasteiger partial charge is 0.258 e. The van der Waals surface area contributed by atoms with Crippen LogP contribution in [0.3, 0.4) is 0 Å². The number of hydrogen-bond donors (Lipinski definition) is 1. The molecular formula is C22H24N2O3. The minimum atomic E-state index is -0.194. The topological polar surface area (TPSA) is 60.3 Å². The first-order valence-electron chi connectivity index (χ1n) is 9.09. The van der Waals surface area contributed by atoms with Gasteiger partial charge in [0.1, 0.15) is 5.75 Å². The van der Waals surface area contributed by atoms with Gasteiger partial charge in [-0.1, -0.05) is 42.5 Å². The Bertz CT molecular complexity index is 980. The minimum absolute atomic E-state index is 0.0432. The van der Waals surface area contributed by atoms with E-state index in [2.05, 4.69) is 17.4 Å². The number of ether oxygens (including phenoxy) is 1. The highest BCUT2D eigenvalue weighted by Gasteiger charge is 2.11. The number of aromatic nitrogens is 1. The number of carbonyl (C=O) groups is 1. The van der Waals surface area contributed by atoms with E-state index in [1.807, 2.05) is 49.4 Å². The third-order valence-electron chi connectivity index (χ3n) is 4.59. The zero-order valence-corrected chi connectivity index (χ0v) is 15.6. The molecule has 0 aliphatic heterocycles. The average Bonchev–Trinajstić information content (AvgIpc) is 2.69. The Labute approximate surface area is 158 Å². The molecule has 140 valence electrons. The molecular weight excluding hydrogens is 340 g/mol. The zero-order valence-electron chi connectivity index (χ0n) is 15.6. The Hall–Kier alpha value is -3.08. The molecule has 5 nitrogen and oxygen atoms in total. The normalized spacial score (nSPS) is 11.9. The molecule has 0 saturated carbocycles. The third kappa shape index (κ3) is 4.76. The molecule has 0 bridgehead atoms. The number of carbonyl (C=O) groups excluding carboxylic acids is 1. The molecule has 1 heterocycles. The van der Waals surface area contributed by atoms with Crippen molar-refractivity contribution in [3.05, 3.63) is 76.6 Å². The molecule has 1 aromatic heterocycles. The van der Waals surface area contributed by atoms with Gasteiger partial charge < -0.3 is 14.6 Å². The monoisotopic (exact) mass is 364 g/mol. The fourth-order valence-electron chi connectivity index (χ4n) is 3.06. The lowest BCUT2D eigenvalue weighted by Gasteiger charge is -2.15. The lowest BCUT2D eigenvalue weighted by molar-refractivity contribution is -0.123. The van der Waals surface area contributed by atoms with Gasteiger partial charge in [0.05, 0.1) is 5.52 Å². The van der Waals surface area contributed by atoms with Crippen molar-refractivity contribution in [3.8, 4) is 5.75 Å². The number of aryl methyl sites for hydroxylation is 2. The maximum atomic E-state index is 12.2. The molecule has 0 aliphatic carbocycles. The van der Waals surface area contributed by atoms with Gasteiger partial charge in [0.25, 0.3) is 11.5 Å². The molecule has 0 unspecified atom stereocenters. The molecule has 2 aromatic carbocycles. The molecule has 3 aromatic rings. The van der Waals surface area contributed by atoms with Crippen molar-refractivity contribution < 1.29 is 9.53 Å². The molecule has 0 aliphatic rings. The summed E-state index contributed by atoms with van der Waals surface area (Å²) in [6, 6.07) is 19.1. The lowest BCUT2D eigenvalue weighted by Crippen LogP contribution is -2.36. The summed E-state index contributed by atoms with van der Waals surface area (Å²) >= 11 is 0. The molecule has 0 saturated heterocycles. The summed E-state index contributed by atoms with van der Waals surface area (Å²) in [5.41, 5.74) is 1.86. The molecule has 0 radical (unpaired) electrons. The minimum Gasteiger partial charge on any atom is -0.483 e. The molecule has 1 N–H and O–H groups in total. The van der Waals surface area contributed by atoms with Crippen LogP contribution in [-0.4, -0.2) is 23.1 Å². The summed E-state index contributed by atoms with van der Waals surface area (Å²) in [6.07, 6.45) is 1.76. The first-order chi connectivity index (χ1) is 13.0. The molecule has 3 rings (SSSR count). The number of fused-ring (bicyclic) bond motifs is 1. The van der Waals surface area contributed by atoms with Gasteiger partial charge in [-0.05, 0) is 37.5 Å². The van der Waals surface area contributed by atoms with Crippen LogP contribution in [0.4, 0.5) is 0 Å². The quantitative estimate of drug-likeness (QED) is 0.701. The summed E-state index contributed by atoms with van der Waals surface area (Å²) in [4.78, 5) is 24.3. The van der Waals surface area contributed by atoms with Crippen LogP contribution in [0.25, 0.3) is 10.9 Å². The van der Waals surface area contributed by atoms with Gasteiger partial charge in [-0.2, -0.15) is 0 Å². The summed E-state index contributed by atoms with van der Waals surface area (Å²) in [7, 11) is 1.72. The molecule has 5 heteroatoms. The second-order valence-electron chi connectivity index (χ2n) is 6.70. The van der Waals surface area contributed by atoms with Gasteiger partial charge in [-0.25, -0.2) is 0 Å². The van der Waals surface area contributed by atoms with Crippen LogP contribution in [0, 0.1) is 0 Å². The lowest BCUT2D eigenvalue weighted by atomic mass is 10.1. The van der Waals surface area contributed by atoms with Crippen LogP contribution in [-0.2, 0) is 18.3 Å². The van der Waals surface area contributed by atoms with Gasteiger partial charge in [0.15, 0.2) is 6.61 Å². The molecule has 1 atom stereocenters. The Morgan fingerprint density at radius 3 is 2.59 bits per heavy atom. The highest BCUT2D eigenvalue weighted by Crippen LogP contribution is 2.22. The second kappa shape index (κ2) is 8.54. The van der Waals surface area contributed by atoms with E-state index in [9.17, 15) is 9.59 Å². The predicted molar refractivity (Wildman–Crippen MR) is 107 cm³/mol. The van der Waals surface area contributed by atoms with E-state index in [0.717, 1.165) is 23.7 Å². The summed E-state index contributed by atoms with van der Waals surface area (Å²) < 4.78 is 7.22. The Balaban J connectivity index is 1.57. The number of pyridine rings is 1. The van der Waals surface area contributed by atoms with Gasteiger partial charge >= 0.3 is 0 Å². The molecule has 27 heavy (non-hydrogen) atoms. The van der Waals surface area contributed by atoms with E-state index in [1.54, 1.807) is 11.6 Å². The predicted octanol–water partition coefficient (Wildman–Crippen LogP) is 3.05. The Morgan fingerprint density at radius 2 is 1.81 bits per heavy atom. The number of rotatable bonds is 7. The number of benzene rings is 2. The van der Waals surface area contributed by atoms with Gasteiger partial charge in [0.2, 0.25) is 0 Å². The first kappa shape index (κ1) is 18.7. The first-order valence-corrected chi connectivity index (χ1v) is 9.09. The van der Waals surface area contributed by atoms with E-state index in [0.29, 0.717) is 5.75 Å². The fourth-order valence-corrected chi connectivity index (χ4v) is 3.06. The van der Waals surface area contributed by atoms with E-state index in [1.165, 1.54) is 11.6 Å². The van der Waals surface area contributed by atoms with Crippen molar-refractivity contribution in [3.63, 3.8) is 0 Å². The van der Waals surface area contributed by atoms with Crippen molar-refractivity contribution >= 4 is 16.8 Å². The maximum absolute atomic E-state index is 12.2. The van der Waals surface area contributed by atoms with Gasteiger partial charge in [-0.15, -0.1) is 0 Å². The van der Waals surface area contributed by atoms with Crippen LogP contribution in [0.15, 0.2) is 65.5 Å². The summed E-state index contributed by atoms with van der Waals surface area (Å²) in [6.45, 7) is 1.86. The van der Waals surface area contributed by atoms with Crippen molar-refractivity contribution in [2.75, 3.05) is 6.61 Å². The largest absolute Gasteiger partial charge is 0.483 e. The Kier molecular flexibility index (Phi) is 5.91. The third-order valence-corrected chi connectivity index (χ3v) is 4.59. The summed E-state index contributed by atoms with van der Waals surface area (Å²) in [5.74, 6) is 0.237. The second-order valence-corrected chi connectivity index (χ2v) is 6.70. The van der Waals surface area contributed by atoms with Crippen LogP contribution in [0.2, 0.25) is 0 Å². The number of nitrogens with one attached hydrogen (secondary N) is 1. The van der Waals surface area contributed by atoms with E-state index < -0.39 is 0 Å². The van der Waals surface area contributed by atoms with E-state index >= 15 is 0 Å². The fraction of sp³-hybridized carbons (Fsp3) is 0.273. The van der Waals surface area contributed by atoms with Crippen LogP contribution >= 0.6 is 0 Å². The highest BCUT2D eigenvalue weighted by molar-refractivity contribution is 5.86. The number of nitrogens with zero attached hydrogens (tertiary/aromatic N) is 1.